The van der Waals surface area contributed by atoms with E-state index in [9.17, 15) is 9.90 Å². The molecular weight excluding hydrogens is 583 g/mol. The van der Waals surface area contributed by atoms with E-state index in [1.165, 1.54) is 13.2 Å². The summed E-state index contributed by atoms with van der Waals surface area (Å²) < 4.78 is 23.3. The molecule has 1 unspecified atom stereocenters. The van der Waals surface area contributed by atoms with Crippen molar-refractivity contribution in [2.24, 2.45) is 0 Å². The molecule has 2 saturated heterocycles. The summed E-state index contributed by atoms with van der Waals surface area (Å²) in [5.74, 6) is 1.02. The van der Waals surface area contributed by atoms with Crippen molar-refractivity contribution in [3.05, 3.63) is 63.3 Å². The van der Waals surface area contributed by atoms with Gasteiger partial charge in [-0.15, -0.1) is 0 Å². The van der Waals surface area contributed by atoms with Crippen molar-refractivity contribution >= 4 is 35.1 Å². The molecule has 4 heterocycles. The van der Waals surface area contributed by atoms with E-state index in [1.54, 1.807) is 24.3 Å². The molecule has 1 saturated carbocycles. The Hall–Kier alpha value is -3.60. The first-order valence-corrected chi connectivity index (χ1v) is 14.8. The van der Waals surface area contributed by atoms with Crippen molar-refractivity contribution in [2.45, 2.75) is 69.2 Å². The van der Waals surface area contributed by atoms with Gasteiger partial charge in [0.1, 0.15) is 22.8 Å². The number of rotatable bonds is 9. The van der Waals surface area contributed by atoms with Gasteiger partial charge in [0.05, 0.1) is 35.4 Å². The second kappa shape index (κ2) is 10.9. The molecule has 3 atom stereocenters. The number of hydrogen-bond donors (Lipinski definition) is 1. The smallest absolute Gasteiger partial charge is 0.339 e. The van der Waals surface area contributed by atoms with Gasteiger partial charge in [0.25, 0.3) is 11.8 Å². The summed E-state index contributed by atoms with van der Waals surface area (Å²) in [6, 6.07) is 10.6. The van der Waals surface area contributed by atoms with Crippen LogP contribution >= 0.6 is 23.2 Å². The number of nitrogens with zero attached hydrogens (tertiary/aromatic N) is 4. The first kappa shape index (κ1) is 27.2. The van der Waals surface area contributed by atoms with E-state index >= 15 is 0 Å². The van der Waals surface area contributed by atoms with E-state index in [-0.39, 0.29) is 35.4 Å². The molecule has 2 aliphatic heterocycles. The molecule has 2 aromatic carbocycles. The van der Waals surface area contributed by atoms with E-state index in [1.807, 2.05) is 6.07 Å². The molecule has 42 heavy (non-hydrogen) atoms. The van der Waals surface area contributed by atoms with Gasteiger partial charge in [0.15, 0.2) is 0 Å². The molecule has 1 N–H and O–H groups in total. The molecule has 7 rings (SSSR count). The van der Waals surface area contributed by atoms with Crippen LogP contribution in [-0.2, 0) is 11.3 Å². The maximum Gasteiger partial charge on any atom is 0.339 e. The highest BCUT2D eigenvalue weighted by Gasteiger charge is 2.44. The molecule has 4 aromatic rings. The van der Waals surface area contributed by atoms with Crippen LogP contribution in [0.4, 0.5) is 5.95 Å². The van der Waals surface area contributed by atoms with E-state index in [2.05, 4.69) is 20.2 Å². The quantitative estimate of drug-likeness (QED) is 0.212. The van der Waals surface area contributed by atoms with Gasteiger partial charge < -0.3 is 28.5 Å². The van der Waals surface area contributed by atoms with Crippen LogP contribution in [-0.4, -0.2) is 51.7 Å². The minimum atomic E-state index is -1.09. The van der Waals surface area contributed by atoms with E-state index in [4.69, 9.17) is 41.7 Å². The van der Waals surface area contributed by atoms with Crippen LogP contribution in [0.25, 0.3) is 22.7 Å². The fraction of sp³-hybridized carbons (Fsp3) is 0.400. The first-order valence-electron chi connectivity index (χ1n) is 14.0. The molecule has 3 aliphatic rings. The zero-order chi connectivity index (χ0) is 29.0. The molecule has 2 bridgehead atoms. The van der Waals surface area contributed by atoms with Gasteiger partial charge >= 0.3 is 5.97 Å². The average Bonchev–Trinajstić information content (AvgIpc) is 3.45. The number of halogens is 2. The van der Waals surface area contributed by atoms with Gasteiger partial charge in [0, 0.05) is 29.1 Å². The Kier molecular flexibility index (Phi) is 7.08. The summed E-state index contributed by atoms with van der Waals surface area (Å²) in [4.78, 5) is 18.5. The lowest BCUT2D eigenvalue weighted by Gasteiger charge is -2.37. The monoisotopic (exact) mass is 610 g/mol. The normalized spacial score (nSPS) is 21.6. The molecule has 1 aliphatic carbocycles. The average molecular weight is 611 g/mol. The molecule has 0 radical (unpaired) electrons. The van der Waals surface area contributed by atoms with E-state index < -0.39 is 5.97 Å². The van der Waals surface area contributed by atoms with Crippen LogP contribution in [0.15, 0.2) is 45.4 Å². The SMILES string of the molecule is COc1c(C(=O)O)cccc1-c1nc(N2[C@@H]3CC[C@H]2CC(OCc2c(-c4c(Cl)cccc4Cl)noc2C2CC2)C3)no1. The van der Waals surface area contributed by atoms with Crippen LogP contribution in [0.3, 0.4) is 0 Å². The van der Waals surface area contributed by atoms with Crippen molar-refractivity contribution in [1.82, 2.24) is 15.3 Å². The number of ether oxygens (including phenoxy) is 2. The number of anilines is 1. The number of carboxylic acid groups (broad SMARTS) is 1. The van der Waals surface area contributed by atoms with Crippen molar-refractivity contribution < 1.29 is 28.4 Å². The third-order valence-corrected chi connectivity index (χ3v) is 9.08. The summed E-state index contributed by atoms with van der Waals surface area (Å²) in [6.45, 7) is 0.363. The summed E-state index contributed by atoms with van der Waals surface area (Å²) in [6.07, 6.45) is 5.78. The Morgan fingerprint density at radius 2 is 1.74 bits per heavy atom. The van der Waals surface area contributed by atoms with Crippen LogP contribution in [0, 0.1) is 0 Å². The first-order chi connectivity index (χ1) is 20.4. The number of piperidine rings is 1. The molecule has 0 amide bonds. The van der Waals surface area contributed by atoms with Gasteiger partial charge in [-0.1, -0.05) is 40.5 Å². The van der Waals surface area contributed by atoms with Gasteiger partial charge in [-0.3, -0.25) is 0 Å². The highest BCUT2D eigenvalue weighted by Crippen LogP contribution is 2.47. The summed E-state index contributed by atoms with van der Waals surface area (Å²) in [5.41, 5.74) is 2.71. The van der Waals surface area contributed by atoms with E-state index in [0.717, 1.165) is 49.8 Å². The number of methoxy groups -OCH3 is 1. The zero-order valence-corrected chi connectivity index (χ0v) is 24.3. The minimum absolute atomic E-state index is 0.0328. The maximum absolute atomic E-state index is 11.7. The second-order valence-corrected chi connectivity index (χ2v) is 11.8. The van der Waals surface area contributed by atoms with Crippen molar-refractivity contribution in [2.75, 3.05) is 12.0 Å². The van der Waals surface area contributed by atoms with Crippen LogP contribution in [0.5, 0.6) is 5.75 Å². The number of carbonyl (C=O) groups is 1. The molecule has 218 valence electrons. The van der Waals surface area contributed by atoms with E-state index in [0.29, 0.717) is 45.3 Å². The third kappa shape index (κ3) is 4.81. The number of fused-ring (bicyclic) bond motifs is 2. The number of hydrogen-bond acceptors (Lipinski definition) is 9. The lowest BCUT2D eigenvalue weighted by atomic mass is 9.99. The largest absolute Gasteiger partial charge is 0.495 e. The maximum atomic E-state index is 11.7. The zero-order valence-electron chi connectivity index (χ0n) is 22.8. The van der Waals surface area contributed by atoms with Gasteiger partial charge in [0.2, 0.25) is 0 Å². The lowest BCUT2D eigenvalue weighted by molar-refractivity contribution is 0.0144. The van der Waals surface area contributed by atoms with Gasteiger partial charge in [-0.05, 0) is 67.9 Å². The molecular formula is C30H28Cl2N4O6. The van der Waals surface area contributed by atoms with Crippen LogP contribution in [0.1, 0.15) is 66.1 Å². The van der Waals surface area contributed by atoms with Gasteiger partial charge in [-0.25, -0.2) is 4.79 Å². The Balaban J connectivity index is 1.08. The minimum Gasteiger partial charge on any atom is -0.495 e. The summed E-state index contributed by atoms with van der Waals surface area (Å²) in [7, 11) is 1.42. The summed E-state index contributed by atoms with van der Waals surface area (Å²) >= 11 is 13.0. The van der Waals surface area contributed by atoms with Gasteiger partial charge in [-0.2, -0.15) is 4.98 Å². The van der Waals surface area contributed by atoms with Crippen LogP contribution < -0.4 is 9.64 Å². The fourth-order valence-electron chi connectivity index (χ4n) is 6.36. The predicted molar refractivity (Wildman–Crippen MR) is 154 cm³/mol. The molecule has 0 spiro atoms. The number of para-hydroxylation sites is 1. The topological polar surface area (TPSA) is 124 Å². The third-order valence-electron chi connectivity index (χ3n) is 8.45. The van der Waals surface area contributed by atoms with Crippen LogP contribution in [0.2, 0.25) is 10.0 Å². The Bertz CT molecular complexity index is 1620. The van der Waals surface area contributed by atoms with Crippen molar-refractivity contribution in [3.63, 3.8) is 0 Å². The predicted octanol–water partition coefficient (Wildman–Crippen LogP) is 7.00. The number of aromatic nitrogens is 3. The molecule has 2 aromatic heterocycles. The lowest BCUT2D eigenvalue weighted by Crippen LogP contribution is -2.46. The second-order valence-electron chi connectivity index (χ2n) is 11.0. The summed E-state index contributed by atoms with van der Waals surface area (Å²) in [5, 5.41) is 19.2. The van der Waals surface area contributed by atoms with Crippen molar-refractivity contribution in [1.29, 1.82) is 0 Å². The molecule has 10 nitrogen and oxygen atoms in total. The highest BCUT2D eigenvalue weighted by molar-refractivity contribution is 6.39. The molecule has 12 heteroatoms. The Morgan fingerprint density at radius 1 is 1.02 bits per heavy atom. The Labute approximate surface area is 251 Å². The number of benzene rings is 2. The van der Waals surface area contributed by atoms with Crippen molar-refractivity contribution in [3.8, 4) is 28.5 Å². The fourth-order valence-corrected chi connectivity index (χ4v) is 6.94. The highest BCUT2D eigenvalue weighted by atomic mass is 35.5. The standard InChI is InChI=1S/C30H28Cl2N4O6/c1-39-27-19(4-2-5-20(27)29(37)38)28-33-30(35-42-28)36-16-10-11-17(36)13-18(12-16)40-14-21-25(34-41-26(21)15-8-9-15)24-22(31)6-3-7-23(24)32/h2-7,15-18H,8-14H2,1H3,(H,37,38)/t16-,17+,18?. The Morgan fingerprint density at radius 3 is 2.40 bits per heavy atom. The molecule has 3 fully saturated rings. The number of carboxylic acids is 1. The number of aromatic carboxylic acids is 1.